The number of aryl methyl sites for hydroxylation is 2. The highest BCUT2D eigenvalue weighted by Gasteiger charge is 2.09. The molecule has 0 saturated heterocycles. The number of nitrogens with one attached hydrogen (secondary N) is 2. The van der Waals surface area contributed by atoms with Gasteiger partial charge in [0.05, 0.1) is 6.42 Å². The van der Waals surface area contributed by atoms with Gasteiger partial charge in [-0.25, -0.2) is 4.79 Å². The summed E-state index contributed by atoms with van der Waals surface area (Å²) in [5, 5.41) is 2.70. The monoisotopic (exact) mass is 209 g/mol. The first-order valence-electron chi connectivity index (χ1n) is 4.87. The van der Waals surface area contributed by atoms with Gasteiger partial charge >= 0.3 is 5.69 Å². The van der Waals surface area contributed by atoms with Crippen LogP contribution in [0.5, 0.6) is 0 Å². The van der Waals surface area contributed by atoms with E-state index in [2.05, 4.69) is 15.3 Å². The van der Waals surface area contributed by atoms with E-state index in [1.165, 1.54) is 0 Å². The average Bonchev–Trinajstić information content (AvgIpc) is 2.11. The Kier molecular flexibility index (Phi) is 3.60. The van der Waals surface area contributed by atoms with E-state index >= 15 is 0 Å². The van der Waals surface area contributed by atoms with Crippen LogP contribution in [0, 0.1) is 13.8 Å². The zero-order chi connectivity index (χ0) is 11.4. The summed E-state index contributed by atoms with van der Waals surface area (Å²) in [6.45, 7) is 5.97. The Morgan fingerprint density at radius 3 is 2.67 bits per heavy atom. The second-order valence-corrected chi connectivity index (χ2v) is 3.36. The van der Waals surface area contributed by atoms with Gasteiger partial charge in [0, 0.05) is 23.5 Å². The Morgan fingerprint density at radius 1 is 1.47 bits per heavy atom. The molecule has 0 saturated carbocycles. The predicted molar refractivity (Wildman–Crippen MR) is 56.7 cm³/mol. The normalized spacial score (nSPS) is 10.1. The van der Waals surface area contributed by atoms with Crippen molar-refractivity contribution >= 4 is 5.91 Å². The van der Waals surface area contributed by atoms with Gasteiger partial charge in [0.25, 0.3) is 0 Å². The van der Waals surface area contributed by atoms with Crippen molar-refractivity contribution in [1.29, 1.82) is 0 Å². The van der Waals surface area contributed by atoms with E-state index in [0.29, 0.717) is 17.9 Å². The van der Waals surface area contributed by atoms with Crippen molar-refractivity contribution < 1.29 is 4.79 Å². The molecule has 1 heterocycles. The maximum Gasteiger partial charge on any atom is 0.345 e. The number of aromatic nitrogens is 2. The van der Waals surface area contributed by atoms with E-state index in [-0.39, 0.29) is 18.0 Å². The molecule has 0 aliphatic heterocycles. The zero-order valence-electron chi connectivity index (χ0n) is 9.18. The smallest absolute Gasteiger partial charge is 0.345 e. The van der Waals surface area contributed by atoms with Gasteiger partial charge in [-0.05, 0) is 20.8 Å². The number of hydrogen-bond acceptors (Lipinski definition) is 3. The Labute approximate surface area is 87.9 Å². The summed E-state index contributed by atoms with van der Waals surface area (Å²) in [7, 11) is 0. The molecule has 1 rings (SSSR count). The highest BCUT2D eigenvalue weighted by molar-refractivity contribution is 5.78. The molecule has 15 heavy (non-hydrogen) atoms. The molecule has 0 aliphatic rings. The Bertz CT molecular complexity index is 397. The Hall–Kier alpha value is -1.65. The number of carbonyl (C=O) groups excluding carboxylic acids is 1. The minimum atomic E-state index is -0.371. The van der Waals surface area contributed by atoms with Gasteiger partial charge in [0.15, 0.2) is 0 Å². The van der Waals surface area contributed by atoms with Crippen LogP contribution in [0.2, 0.25) is 0 Å². The summed E-state index contributed by atoms with van der Waals surface area (Å²) in [5.41, 5.74) is 1.74. The first-order chi connectivity index (χ1) is 7.04. The van der Waals surface area contributed by atoms with E-state index in [1.807, 2.05) is 6.92 Å². The van der Waals surface area contributed by atoms with Crippen LogP contribution >= 0.6 is 0 Å². The summed E-state index contributed by atoms with van der Waals surface area (Å²) in [4.78, 5) is 28.7. The van der Waals surface area contributed by atoms with Crippen molar-refractivity contribution in [3.63, 3.8) is 0 Å². The predicted octanol–water partition coefficient (Wildman–Crippen LogP) is 0.0653. The van der Waals surface area contributed by atoms with Crippen LogP contribution in [0.4, 0.5) is 0 Å². The van der Waals surface area contributed by atoms with E-state index in [4.69, 9.17) is 0 Å². The van der Waals surface area contributed by atoms with E-state index < -0.39 is 0 Å². The van der Waals surface area contributed by atoms with Crippen molar-refractivity contribution in [1.82, 2.24) is 15.3 Å². The van der Waals surface area contributed by atoms with E-state index in [0.717, 1.165) is 5.56 Å². The van der Waals surface area contributed by atoms with Crippen molar-refractivity contribution in [3.8, 4) is 0 Å². The molecule has 5 heteroatoms. The lowest BCUT2D eigenvalue weighted by atomic mass is 10.1. The lowest BCUT2D eigenvalue weighted by Gasteiger charge is -2.07. The molecule has 0 bridgehead atoms. The number of amides is 1. The van der Waals surface area contributed by atoms with Crippen LogP contribution < -0.4 is 11.0 Å². The molecule has 0 radical (unpaired) electrons. The van der Waals surface area contributed by atoms with Crippen LogP contribution in [0.15, 0.2) is 4.79 Å². The molecule has 2 N–H and O–H groups in total. The number of likely N-dealkylation sites (N-methyl/N-ethyl adjacent to an activating group) is 1. The molecule has 82 valence electrons. The molecule has 0 aliphatic carbocycles. The zero-order valence-corrected chi connectivity index (χ0v) is 9.18. The number of carbonyl (C=O) groups is 1. The Balaban J connectivity index is 2.95. The van der Waals surface area contributed by atoms with Crippen LogP contribution in [-0.4, -0.2) is 22.4 Å². The van der Waals surface area contributed by atoms with Gasteiger partial charge in [-0.2, -0.15) is 4.98 Å². The van der Waals surface area contributed by atoms with Gasteiger partial charge in [-0.15, -0.1) is 0 Å². The topological polar surface area (TPSA) is 74.8 Å². The number of nitrogens with zero attached hydrogens (tertiary/aromatic N) is 1. The maximum atomic E-state index is 11.4. The molecule has 0 unspecified atom stereocenters. The molecule has 1 aromatic heterocycles. The third-order valence-corrected chi connectivity index (χ3v) is 2.16. The fraction of sp³-hybridized carbons (Fsp3) is 0.500. The molecule has 0 fully saturated rings. The first-order valence-corrected chi connectivity index (χ1v) is 4.87. The molecule has 0 aromatic carbocycles. The Morgan fingerprint density at radius 2 is 2.13 bits per heavy atom. The molecule has 5 nitrogen and oxygen atoms in total. The highest BCUT2D eigenvalue weighted by atomic mass is 16.1. The fourth-order valence-corrected chi connectivity index (χ4v) is 1.44. The number of aromatic amines is 1. The first kappa shape index (κ1) is 11.4. The van der Waals surface area contributed by atoms with Crippen molar-refractivity contribution in [2.45, 2.75) is 27.2 Å². The lowest BCUT2D eigenvalue weighted by Crippen LogP contribution is -2.26. The van der Waals surface area contributed by atoms with Gasteiger partial charge < -0.3 is 10.3 Å². The summed E-state index contributed by atoms with van der Waals surface area (Å²) < 4.78 is 0. The van der Waals surface area contributed by atoms with Gasteiger partial charge in [0.1, 0.15) is 0 Å². The van der Waals surface area contributed by atoms with Crippen molar-refractivity contribution in [2.75, 3.05) is 6.54 Å². The quantitative estimate of drug-likeness (QED) is 0.739. The summed E-state index contributed by atoms with van der Waals surface area (Å²) in [6.07, 6.45) is 0.259. The standard InChI is InChI=1S/C10H15N3O2/c1-4-11-9(14)5-8-6(2)12-10(15)13-7(8)3/h4-5H2,1-3H3,(H,11,14)(H,12,13,15). The maximum absolute atomic E-state index is 11.4. The summed E-state index contributed by atoms with van der Waals surface area (Å²) in [5.74, 6) is -0.0578. The molecular weight excluding hydrogens is 194 g/mol. The van der Waals surface area contributed by atoms with Crippen LogP contribution in [-0.2, 0) is 11.2 Å². The minimum Gasteiger partial charge on any atom is -0.356 e. The largest absolute Gasteiger partial charge is 0.356 e. The third kappa shape index (κ3) is 2.90. The average molecular weight is 209 g/mol. The van der Waals surface area contributed by atoms with E-state index in [1.54, 1.807) is 13.8 Å². The van der Waals surface area contributed by atoms with Crippen molar-refractivity contribution in [2.24, 2.45) is 0 Å². The van der Waals surface area contributed by atoms with E-state index in [9.17, 15) is 9.59 Å². The summed E-state index contributed by atoms with van der Waals surface area (Å²) in [6, 6.07) is 0. The van der Waals surface area contributed by atoms with Gasteiger partial charge in [-0.1, -0.05) is 0 Å². The highest BCUT2D eigenvalue weighted by Crippen LogP contribution is 2.07. The summed E-state index contributed by atoms with van der Waals surface area (Å²) >= 11 is 0. The fourth-order valence-electron chi connectivity index (χ4n) is 1.44. The SMILES string of the molecule is CCNC(=O)Cc1c(C)nc(=O)[nH]c1C. The minimum absolute atomic E-state index is 0.0578. The van der Waals surface area contributed by atoms with Crippen molar-refractivity contribution in [3.05, 3.63) is 27.4 Å². The molecule has 0 spiro atoms. The molecule has 1 aromatic rings. The van der Waals surface area contributed by atoms with Crippen LogP contribution in [0.25, 0.3) is 0 Å². The van der Waals surface area contributed by atoms with Crippen LogP contribution in [0.1, 0.15) is 23.9 Å². The van der Waals surface area contributed by atoms with Gasteiger partial charge in [-0.3, -0.25) is 4.79 Å². The molecule has 0 atom stereocenters. The lowest BCUT2D eigenvalue weighted by molar-refractivity contribution is -0.120. The molecule has 1 amide bonds. The third-order valence-electron chi connectivity index (χ3n) is 2.16. The van der Waals surface area contributed by atoms with Gasteiger partial charge in [0.2, 0.25) is 5.91 Å². The van der Waals surface area contributed by atoms with Crippen LogP contribution in [0.3, 0.4) is 0 Å². The number of hydrogen-bond donors (Lipinski definition) is 2. The molecular formula is C10H15N3O2. The number of H-pyrrole nitrogens is 1. The second-order valence-electron chi connectivity index (χ2n) is 3.36. The second kappa shape index (κ2) is 4.72. The number of rotatable bonds is 3.